The summed E-state index contributed by atoms with van der Waals surface area (Å²) < 4.78 is 26.5. The molecule has 120 valence electrons. The largest absolute Gasteiger partial charge is 0.314 e. The highest BCUT2D eigenvalue weighted by atomic mass is 32.2. The number of nitrogens with one attached hydrogen (secondary N) is 1. The molecule has 1 fully saturated rings. The van der Waals surface area contributed by atoms with Gasteiger partial charge in [-0.3, -0.25) is 4.68 Å². The summed E-state index contributed by atoms with van der Waals surface area (Å²) in [6.45, 7) is 7.23. The van der Waals surface area contributed by atoms with Gasteiger partial charge in [0.2, 0.25) is 10.0 Å². The van der Waals surface area contributed by atoms with E-state index < -0.39 is 10.0 Å². The van der Waals surface area contributed by atoms with E-state index in [4.69, 9.17) is 0 Å². The van der Waals surface area contributed by atoms with Crippen molar-refractivity contribution in [1.29, 1.82) is 0 Å². The lowest BCUT2D eigenvalue weighted by Gasteiger charge is -2.30. The Hall–Kier alpha value is -0.920. The van der Waals surface area contributed by atoms with E-state index in [-0.39, 0.29) is 0 Å². The van der Waals surface area contributed by atoms with Gasteiger partial charge in [-0.1, -0.05) is 0 Å². The van der Waals surface area contributed by atoms with Gasteiger partial charge in [0, 0.05) is 31.4 Å². The van der Waals surface area contributed by atoms with Crippen LogP contribution in [0.4, 0.5) is 0 Å². The molecule has 1 aromatic heterocycles. The summed E-state index contributed by atoms with van der Waals surface area (Å²) in [5.41, 5.74) is 2.27. The minimum absolute atomic E-state index is 0.434. The number of hydrogen-bond acceptors (Lipinski definition) is 4. The summed E-state index contributed by atoms with van der Waals surface area (Å²) in [5, 5.41) is 7.97. The minimum atomic E-state index is -3.02. The molecule has 6 nitrogen and oxygen atoms in total. The molecule has 1 aliphatic heterocycles. The van der Waals surface area contributed by atoms with Crippen molar-refractivity contribution in [2.75, 3.05) is 25.9 Å². The number of piperidine rings is 1. The summed E-state index contributed by atoms with van der Waals surface area (Å²) in [4.78, 5) is 0. The molecule has 0 atom stereocenters. The first-order chi connectivity index (χ1) is 9.86. The molecule has 0 unspecified atom stereocenters. The van der Waals surface area contributed by atoms with E-state index in [9.17, 15) is 8.42 Å². The minimum Gasteiger partial charge on any atom is -0.314 e. The Kier molecular flexibility index (Phi) is 5.40. The van der Waals surface area contributed by atoms with Crippen molar-refractivity contribution in [2.45, 2.75) is 45.7 Å². The van der Waals surface area contributed by atoms with Gasteiger partial charge >= 0.3 is 0 Å². The summed E-state index contributed by atoms with van der Waals surface area (Å²) in [6, 6.07) is 2.53. The van der Waals surface area contributed by atoms with Gasteiger partial charge in [0.25, 0.3) is 0 Å². The fourth-order valence-corrected chi connectivity index (χ4v) is 3.70. The van der Waals surface area contributed by atoms with Gasteiger partial charge in [-0.2, -0.15) is 5.10 Å². The number of sulfonamides is 1. The van der Waals surface area contributed by atoms with Crippen LogP contribution in [-0.2, 0) is 16.6 Å². The van der Waals surface area contributed by atoms with Crippen LogP contribution >= 0.6 is 0 Å². The van der Waals surface area contributed by atoms with Crippen molar-refractivity contribution in [3.8, 4) is 0 Å². The second kappa shape index (κ2) is 6.89. The quantitative estimate of drug-likeness (QED) is 0.792. The van der Waals surface area contributed by atoms with Crippen LogP contribution in [-0.4, -0.2) is 54.4 Å². The third-order valence-electron chi connectivity index (χ3n) is 4.01. The molecule has 1 saturated heterocycles. The van der Waals surface area contributed by atoms with Gasteiger partial charge in [-0.05, 0) is 45.7 Å². The van der Waals surface area contributed by atoms with E-state index in [1.54, 1.807) is 4.31 Å². The molecule has 21 heavy (non-hydrogen) atoms. The fraction of sp³-hybridized carbons (Fsp3) is 0.786. The van der Waals surface area contributed by atoms with Crippen molar-refractivity contribution < 1.29 is 8.42 Å². The molecule has 0 spiro atoms. The van der Waals surface area contributed by atoms with Crippen LogP contribution in [0.3, 0.4) is 0 Å². The first-order valence-corrected chi connectivity index (χ1v) is 9.40. The SMILES string of the molecule is Cc1cc(C)n(CCCNC2CCN(S(C)(=O)=O)CC2)n1. The van der Waals surface area contributed by atoms with E-state index in [1.807, 2.05) is 11.6 Å². The van der Waals surface area contributed by atoms with Crippen LogP contribution in [0.2, 0.25) is 0 Å². The molecular formula is C14H26N4O2S. The zero-order chi connectivity index (χ0) is 15.5. The molecule has 7 heteroatoms. The maximum atomic E-state index is 11.4. The van der Waals surface area contributed by atoms with Crippen LogP contribution in [0.25, 0.3) is 0 Å². The topological polar surface area (TPSA) is 67.2 Å². The highest BCUT2D eigenvalue weighted by Gasteiger charge is 2.24. The molecule has 0 aliphatic carbocycles. The predicted molar refractivity (Wildman–Crippen MR) is 83.8 cm³/mol. The smallest absolute Gasteiger partial charge is 0.211 e. The van der Waals surface area contributed by atoms with Gasteiger partial charge in [-0.25, -0.2) is 12.7 Å². The third kappa shape index (κ3) is 4.79. The van der Waals surface area contributed by atoms with Crippen LogP contribution in [0.5, 0.6) is 0 Å². The average Bonchev–Trinajstić information content (AvgIpc) is 2.73. The van der Waals surface area contributed by atoms with Crippen molar-refractivity contribution in [3.63, 3.8) is 0 Å². The number of rotatable bonds is 6. The van der Waals surface area contributed by atoms with Crippen LogP contribution in [0.15, 0.2) is 6.07 Å². The second-order valence-corrected chi connectivity index (χ2v) is 7.88. The highest BCUT2D eigenvalue weighted by molar-refractivity contribution is 7.88. The molecular weight excluding hydrogens is 288 g/mol. The Morgan fingerprint density at radius 2 is 2.00 bits per heavy atom. The van der Waals surface area contributed by atoms with Crippen LogP contribution in [0.1, 0.15) is 30.7 Å². The van der Waals surface area contributed by atoms with Gasteiger partial charge < -0.3 is 5.32 Å². The molecule has 2 heterocycles. The van der Waals surface area contributed by atoms with E-state index >= 15 is 0 Å². The Labute approximate surface area is 127 Å². The summed E-state index contributed by atoms with van der Waals surface area (Å²) in [6.07, 6.45) is 4.11. The number of aryl methyl sites for hydroxylation is 3. The predicted octanol–water partition coefficient (Wildman–Crippen LogP) is 0.904. The molecule has 0 bridgehead atoms. The highest BCUT2D eigenvalue weighted by Crippen LogP contribution is 2.13. The molecule has 1 aromatic rings. The third-order valence-corrected chi connectivity index (χ3v) is 5.31. The molecule has 0 amide bonds. The fourth-order valence-electron chi connectivity index (χ4n) is 2.83. The Balaban J connectivity index is 1.65. The molecule has 0 aromatic carbocycles. The van der Waals surface area contributed by atoms with E-state index in [1.165, 1.54) is 11.9 Å². The second-order valence-electron chi connectivity index (χ2n) is 5.89. The molecule has 0 saturated carbocycles. The lowest BCUT2D eigenvalue weighted by atomic mass is 10.1. The van der Waals surface area contributed by atoms with Crippen molar-refractivity contribution >= 4 is 10.0 Å². The lowest BCUT2D eigenvalue weighted by Crippen LogP contribution is -2.44. The maximum Gasteiger partial charge on any atom is 0.211 e. The molecule has 2 rings (SSSR count). The van der Waals surface area contributed by atoms with E-state index in [0.717, 1.165) is 38.0 Å². The first kappa shape index (κ1) is 16.5. The normalized spacial score (nSPS) is 18.2. The van der Waals surface area contributed by atoms with Crippen molar-refractivity contribution in [2.24, 2.45) is 0 Å². The maximum absolute atomic E-state index is 11.4. The zero-order valence-electron chi connectivity index (χ0n) is 13.2. The van der Waals surface area contributed by atoms with Crippen LogP contribution < -0.4 is 5.32 Å². The molecule has 1 aliphatic rings. The number of aromatic nitrogens is 2. The first-order valence-electron chi connectivity index (χ1n) is 7.56. The van der Waals surface area contributed by atoms with Crippen molar-refractivity contribution in [3.05, 3.63) is 17.5 Å². The Bertz CT molecular complexity index is 560. The van der Waals surface area contributed by atoms with Crippen molar-refractivity contribution in [1.82, 2.24) is 19.4 Å². The zero-order valence-corrected chi connectivity index (χ0v) is 14.0. The van der Waals surface area contributed by atoms with Gasteiger partial charge in [0.05, 0.1) is 11.9 Å². The summed E-state index contributed by atoms with van der Waals surface area (Å²) >= 11 is 0. The summed E-state index contributed by atoms with van der Waals surface area (Å²) in [7, 11) is -3.02. The Morgan fingerprint density at radius 1 is 1.33 bits per heavy atom. The standard InChI is InChI=1S/C14H26N4O2S/c1-12-11-13(2)18(16-12)8-4-7-15-14-5-9-17(10-6-14)21(3,19)20/h11,14-15H,4-10H2,1-3H3. The average molecular weight is 314 g/mol. The van der Waals surface area contributed by atoms with Gasteiger partial charge in [0.15, 0.2) is 0 Å². The number of nitrogens with zero attached hydrogens (tertiary/aromatic N) is 3. The molecule has 0 radical (unpaired) electrons. The van der Waals surface area contributed by atoms with E-state index in [2.05, 4.69) is 23.4 Å². The van der Waals surface area contributed by atoms with Crippen LogP contribution in [0, 0.1) is 13.8 Å². The number of hydrogen-bond donors (Lipinski definition) is 1. The van der Waals surface area contributed by atoms with E-state index in [0.29, 0.717) is 19.1 Å². The molecule has 1 N–H and O–H groups in total. The van der Waals surface area contributed by atoms with Gasteiger partial charge in [-0.15, -0.1) is 0 Å². The Morgan fingerprint density at radius 3 is 2.52 bits per heavy atom. The monoisotopic (exact) mass is 314 g/mol. The summed E-state index contributed by atoms with van der Waals surface area (Å²) in [5.74, 6) is 0. The van der Waals surface area contributed by atoms with Gasteiger partial charge in [0.1, 0.15) is 0 Å². The lowest BCUT2D eigenvalue weighted by molar-refractivity contribution is 0.289.